The van der Waals surface area contributed by atoms with Crippen LogP contribution >= 0.6 is 43.2 Å². The highest BCUT2D eigenvalue weighted by Crippen LogP contribution is 2.24. The van der Waals surface area contributed by atoms with Crippen LogP contribution in [-0.4, -0.2) is 41.9 Å². The third kappa shape index (κ3) is 2.85. The Kier molecular flexibility index (Phi) is 4.41. The summed E-state index contributed by atoms with van der Waals surface area (Å²) < 4.78 is 6.49. The standard InChI is InChI=1S/C10H11Br2NO2S/c11-5-7-6-13(3-4-15-7)10(14)8-1-2-9(12)16-8/h1-2,7H,3-6H2. The molecule has 1 amide bonds. The van der Waals surface area contributed by atoms with Crippen LogP contribution in [0, 0.1) is 0 Å². The van der Waals surface area contributed by atoms with E-state index in [1.807, 2.05) is 17.0 Å². The number of alkyl halides is 1. The zero-order valence-corrected chi connectivity index (χ0v) is 12.5. The molecule has 1 fully saturated rings. The second kappa shape index (κ2) is 5.62. The summed E-state index contributed by atoms with van der Waals surface area (Å²) in [7, 11) is 0. The molecule has 6 heteroatoms. The van der Waals surface area contributed by atoms with Gasteiger partial charge in [0, 0.05) is 18.4 Å². The molecule has 0 bridgehead atoms. The molecule has 1 aliphatic heterocycles. The molecule has 1 aliphatic rings. The Morgan fingerprint density at radius 3 is 3.06 bits per heavy atom. The van der Waals surface area contributed by atoms with Crippen LogP contribution in [0.5, 0.6) is 0 Å². The maximum absolute atomic E-state index is 12.1. The van der Waals surface area contributed by atoms with Gasteiger partial charge in [0.25, 0.3) is 5.91 Å². The summed E-state index contributed by atoms with van der Waals surface area (Å²) in [4.78, 5) is 14.8. The van der Waals surface area contributed by atoms with Crippen molar-refractivity contribution in [3.05, 3.63) is 20.8 Å². The zero-order chi connectivity index (χ0) is 11.5. The van der Waals surface area contributed by atoms with Gasteiger partial charge in [0.15, 0.2) is 0 Å². The van der Waals surface area contributed by atoms with Gasteiger partial charge in [0.1, 0.15) is 0 Å². The molecular weight excluding hydrogens is 358 g/mol. The van der Waals surface area contributed by atoms with Gasteiger partial charge in [0.2, 0.25) is 0 Å². The largest absolute Gasteiger partial charge is 0.374 e. The molecule has 0 radical (unpaired) electrons. The predicted molar refractivity (Wildman–Crippen MR) is 71.5 cm³/mol. The Balaban J connectivity index is 2.04. The highest BCUT2D eigenvalue weighted by Gasteiger charge is 2.25. The van der Waals surface area contributed by atoms with E-state index in [0.29, 0.717) is 19.7 Å². The van der Waals surface area contributed by atoms with Crippen LogP contribution in [0.25, 0.3) is 0 Å². The minimum absolute atomic E-state index is 0.102. The Morgan fingerprint density at radius 1 is 1.62 bits per heavy atom. The van der Waals surface area contributed by atoms with Gasteiger partial charge in [-0.3, -0.25) is 4.79 Å². The van der Waals surface area contributed by atoms with Gasteiger partial charge in [-0.25, -0.2) is 0 Å². The van der Waals surface area contributed by atoms with E-state index >= 15 is 0 Å². The van der Waals surface area contributed by atoms with E-state index in [-0.39, 0.29) is 12.0 Å². The van der Waals surface area contributed by atoms with Crippen molar-refractivity contribution in [1.29, 1.82) is 0 Å². The fourth-order valence-electron chi connectivity index (χ4n) is 1.58. The van der Waals surface area contributed by atoms with E-state index in [9.17, 15) is 4.79 Å². The normalized spacial score (nSPS) is 21.1. The lowest BCUT2D eigenvalue weighted by atomic mass is 10.3. The van der Waals surface area contributed by atoms with Gasteiger partial charge < -0.3 is 9.64 Å². The first-order chi connectivity index (χ1) is 7.70. The maximum atomic E-state index is 12.1. The third-order valence-electron chi connectivity index (χ3n) is 2.38. The van der Waals surface area contributed by atoms with Crippen LogP contribution in [0.2, 0.25) is 0 Å². The summed E-state index contributed by atoms with van der Waals surface area (Å²) in [6.45, 7) is 1.96. The first-order valence-electron chi connectivity index (χ1n) is 4.93. The van der Waals surface area contributed by atoms with Crippen LogP contribution in [0.4, 0.5) is 0 Å². The summed E-state index contributed by atoms with van der Waals surface area (Å²) in [6, 6.07) is 3.76. The Morgan fingerprint density at radius 2 is 2.44 bits per heavy atom. The fraction of sp³-hybridized carbons (Fsp3) is 0.500. The number of hydrogen-bond acceptors (Lipinski definition) is 3. The minimum Gasteiger partial charge on any atom is -0.374 e. The first-order valence-corrected chi connectivity index (χ1v) is 7.66. The van der Waals surface area contributed by atoms with Crippen molar-refractivity contribution in [2.45, 2.75) is 6.10 Å². The number of carbonyl (C=O) groups excluding carboxylic acids is 1. The van der Waals surface area contributed by atoms with Crippen molar-refractivity contribution in [1.82, 2.24) is 4.90 Å². The molecule has 0 N–H and O–H groups in total. The van der Waals surface area contributed by atoms with Gasteiger partial charge in [0.05, 0.1) is 21.4 Å². The van der Waals surface area contributed by atoms with Crippen molar-refractivity contribution >= 4 is 49.1 Å². The Bertz CT molecular complexity index is 383. The molecule has 3 nitrogen and oxygen atoms in total. The van der Waals surface area contributed by atoms with Gasteiger partial charge in [-0.15, -0.1) is 11.3 Å². The van der Waals surface area contributed by atoms with E-state index in [1.165, 1.54) is 11.3 Å². The van der Waals surface area contributed by atoms with Gasteiger partial charge in [-0.1, -0.05) is 15.9 Å². The molecule has 1 aromatic heterocycles. The molecule has 0 aromatic carbocycles. The molecule has 88 valence electrons. The second-order valence-electron chi connectivity index (χ2n) is 3.50. The number of halogens is 2. The highest BCUT2D eigenvalue weighted by molar-refractivity contribution is 9.11. The number of morpholine rings is 1. The van der Waals surface area contributed by atoms with Crippen LogP contribution in [0.3, 0.4) is 0 Å². The predicted octanol–water partition coefficient (Wildman–Crippen LogP) is 2.75. The molecule has 0 spiro atoms. The van der Waals surface area contributed by atoms with Crippen molar-refractivity contribution < 1.29 is 9.53 Å². The first kappa shape index (κ1) is 12.5. The summed E-state index contributed by atoms with van der Waals surface area (Å²) >= 11 is 8.22. The van der Waals surface area contributed by atoms with Crippen molar-refractivity contribution in [2.75, 3.05) is 25.0 Å². The lowest BCUT2D eigenvalue weighted by Crippen LogP contribution is -2.46. The smallest absolute Gasteiger partial charge is 0.264 e. The molecule has 1 atom stereocenters. The topological polar surface area (TPSA) is 29.5 Å². The quantitative estimate of drug-likeness (QED) is 0.751. The van der Waals surface area contributed by atoms with Crippen LogP contribution in [0.1, 0.15) is 9.67 Å². The fourth-order valence-corrected chi connectivity index (χ4v) is 3.33. The van der Waals surface area contributed by atoms with E-state index < -0.39 is 0 Å². The average Bonchev–Trinajstić information content (AvgIpc) is 2.75. The third-order valence-corrected chi connectivity index (χ3v) is 4.72. The number of hydrogen-bond donors (Lipinski definition) is 0. The van der Waals surface area contributed by atoms with Crippen LogP contribution in [-0.2, 0) is 4.74 Å². The van der Waals surface area contributed by atoms with Crippen molar-refractivity contribution in [2.24, 2.45) is 0 Å². The number of amides is 1. The molecule has 1 aromatic rings. The number of carbonyl (C=O) groups is 1. The Hall–Kier alpha value is 0.0900. The lowest BCUT2D eigenvalue weighted by Gasteiger charge is -2.31. The number of ether oxygens (including phenoxy) is 1. The summed E-state index contributed by atoms with van der Waals surface area (Å²) in [5.41, 5.74) is 0. The SMILES string of the molecule is O=C(c1ccc(Br)s1)N1CCOC(CBr)C1. The lowest BCUT2D eigenvalue weighted by molar-refractivity contribution is -0.00945. The van der Waals surface area contributed by atoms with Gasteiger partial charge in [-0.05, 0) is 28.1 Å². The van der Waals surface area contributed by atoms with E-state index in [2.05, 4.69) is 31.9 Å². The van der Waals surface area contributed by atoms with Gasteiger partial charge >= 0.3 is 0 Å². The van der Waals surface area contributed by atoms with Crippen molar-refractivity contribution in [3.63, 3.8) is 0 Å². The maximum Gasteiger partial charge on any atom is 0.264 e. The molecular formula is C10H11Br2NO2S. The molecule has 0 saturated carbocycles. The Labute approximate surface area is 115 Å². The minimum atomic E-state index is 0.102. The van der Waals surface area contributed by atoms with E-state index in [4.69, 9.17) is 4.74 Å². The summed E-state index contributed by atoms with van der Waals surface area (Å²) in [6.07, 6.45) is 0.112. The second-order valence-corrected chi connectivity index (χ2v) is 6.61. The van der Waals surface area contributed by atoms with Gasteiger partial charge in [-0.2, -0.15) is 0 Å². The van der Waals surface area contributed by atoms with Crippen LogP contribution < -0.4 is 0 Å². The van der Waals surface area contributed by atoms with E-state index in [0.717, 1.165) is 14.0 Å². The summed E-state index contributed by atoms with van der Waals surface area (Å²) in [5, 5.41) is 0.769. The molecule has 2 rings (SSSR count). The molecule has 16 heavy (non-hydrogen) atoms. The van der Waals surface area contributed by atoms with Crippen LogP contribution in [0.15, 0.2) is 15.9 Å². The monoisotopic (exact) mass is 367 g/mol. The molecule has 1 unspecified atom stereocenters. The summed E-state index contributed by atoms with van der Waals surface area (Å²) in [5.74, 6) is 0.102. The number of thiophene rings is 1. The van der Waals surface area contributed by atoms with Crippen molar-refractivity contribution in [3.8, 4) is 0 Å². The average molecular weight is 369 g/mol. The molecule has 2 heterocycles. The number of rotatable bonds is 2. The number of nitrogens with zero attached hydrogens (tertiary/aromatic N) is 1. The molecule has 1 saturated heterocycles. The molecule has 0 aliphatic carbocycles. The highest BCUT2D eigenvalue weighted by atomic mass is 79.9. The van der Waals surface area contributed by atoms with E-state index in [1.54, 1.807) is 0 Å². The zero-order valence-electron chi connectivity index (χ0n) is 8.49.